The molecule has 4 nitrogen and oxygen atoms in total. The molecule has 0 unspecified atom stereocenters. The smallest absolute Gasteiger partial charge is 0.354 e. The van der Waals surface area contributed by atoms with Crippen molar-refractivity contribution < 1.29 is 9.53 Å². The van der Waals surface area contributed by atoms with Crippen molar-refractivity contribution in [2.45, 2.75) is 27.2 Å². The van der Waals surface area contributed by atoms with E-state index in [-0.39, 0.29) is 5.97 Å². The number of carbonyl (C=O) groups excluding carboxylic acids is 1. The summed E-state index contributed by atoms with van der Waals surface area (Å²) in [4.78, 5) is 15.3. The first-order valence-electron chi connectivity index (χ1n) is 4.68. The molecule has 0 rings (SSSR count). The maximum Gasteiger partial charge on any atom is 0.354 e. The van der Waals surface area contributed by atoms with Gasteiger partial charge in [-0.25, -0.2) is 4.79 Å². The summed E-state index contributed by atoms with van der Waals surface area (Å²) in [5, 5.41) is 2.89. The molecule has 0 aromatic rings. The highest BCUT2D eigenvalue weighted by Crippen LogP contribution is 1.93. The summed E-state index contributed by atoms with van der Waals surface area (Å²) in [6.45, 7) is 6.40. The summed E-state index contributed by atoms with van der Waals surface area (Å²) in [5.41, 5.74) is 0.421. The van der Waals surface area contributed by atoms with E-state index in [9.17, 15) is 4.79 Å². The number of hydrogen-bond donors (Lipinski definition) is 1. The quantitative estimate of drug-likeness (QED) is 0.322. The predicted octanol–water partition coefficient (Wildman–Crippen LogP) is 1.48. The molecule has 0 aromatic heterocycles. The minimum atomic E-state index is -0.376. The van der Waals surface area contributed by atoms with Crippen LogP contribution >= 0.6 is 0 Å². The van der Waals surface area contributed by atoms with E-state index in [0.29, 0.717) is 5.70 Å². The Morgan fingerprint density at radius 3 is 2.64 bits per heavy atom. The van der Waals surface area contributed by atoms with Crippen LogP contribution in [0.25, 0.3) is 0 Å². The van der Waals surface area contributed by atoms with Crippen LogP contribution in [0.4, 0.5) is 0 Å². The molecule has 14 heavy (non-hydrogen) atoms. The Morgan fingerprint density at radius 1 is 1.57 bits per heavy atom. The molecule has 1 N–H and O–H groups in total. The SMILES string of the molecule is CC=C(NC(C)=NCCC)C(=O)OC. The van der Waals surface area contributed by atoms with E-state index in [1.54, 1.807) is 13.0 Å². The second-order valence-corrected chi connectivity index (χ2v) is 2.79. The van der Waals surface area contributed by atoms with Crippen LogP contribution < -0.4 is 5.32 Å². The minimum Gasteiger partial charge on any atom is -0.464 e. The predicted molar refractivity (Wildman–Crippen MR) is 57.2 cm³/mol. The number of hydrogen-bond acceptors (Lipinski definition) is 3. The van der Waals surface area contributed by atoms with Gasteiger partial charge in [-0.05, 0) is 20.3 Å². The first-order chi connectivity index (χ1) is 6.65. The summed E-state index contributed by atoms with van der Waals surface area (Å²) >= 11 is 0. The van der Waals surface area contributed by atoms with Crippen molar-refractivity contribution in [3.8, 4) is 0 Å². The molecular weight excluding hydrogens is 180 g/mol. The molecule has 0 saturated carbocycles. The third-order valence-electron chi connectivity index (χ3n) is 1.58. The summed E-state index contributed by atoms with van der Waals surface area (Å²) in [5.74, 6) is 0.351. The maximum absolute atomic E-state index is 11.1. The Balaban J connectivity index is 4.27. The summed E-state index contributed by atoms with van der Waals surface area (Å²) < 4.78 is 4.58. The number of ether oxygens (including phenoxy) is 1. The molecule has 0 aliphatic carbocycles. The number of amidine groups is 1. The summed E-state index contributed by atoms with van der Waals surface area (Å²) in [6, 6.07) is 0. The Hall–Kier alpha value is -1.32. The van der Waals surface area contributed by atoms with Crippen LogP contribution in [0.15, 0.2) is 16.8 Å². The third kappa shape index (κ3) is 4.64. The average Bonchev–Trinajstić information content (AvgIpc) is 2.21. The van der Waals surface area contributed by atoms with E-state index < -0.39 is 0 Å². The number of rotatable bonds is 4. The average molecular weight is 198 g/mol. The van der Waals surface area contributed by atoms with Crippen LogP contribution in [0, 0.1) is 0 Å². The van der Waals surface area contributed by atoms with Crippen LogP contribution in [0.1, 0.15) is 27.2 Å². The van der Waals surface area contributed by atoms with Gasteiger partial charge in [0.2, 0.25) is 0 Å². The standard InChI is InChI=1S/C10H18N2O2/c1-5-7-11-8(3)12-9(6-2)10(13)14-4/h6H,5,7H2,1-4H3,(H,11,12). The van der Waals surface area contributed by atoms with Crippen molar-refractivity contribution in [2.24, 2.45) is 4.99 Å². The van der Waals surface area contributed by atoms with Crippen LogP contribution in [0.2, 0.25) is 0 Å². The molecule has 0 spiro atoms. The largest absolute Gasteiger partial charge is 0.464 e. The van der Waals surface area contributed by atoms with Crippen molar-refractivity contribution in [1.82, 2.24) is 5.32 Å². The number of methoxy groups -OCH3 is 1. The van der Waals surface area contributed by atoms with Gasteiger partial charge in [-0.1, -0.05) is 13.0 Å². The lowest BCUT2D eigenvalue weighted by Gasteiger charge is -2.07. The molecule has 4 heteroatoms. The normalized spacial score (nSPS) is 12.6. The zero-order valence-electron chi connectivity index (χ0n) is 9.26. The minimum absolute atomic E-state index is 0.376. The molecule has 0 aromatic carbocycles. The van der Waals surface area contributed by atoms with Gasteiger partial charge in [-0.2, -0.15) is 0 Å². The lowest BCUT2D eigenvalue weighted by atomic mass is 10.4. The fraction of sp³-hybridized carbons (Fsp3) is 0.600. The van der Waals surface area contributed by atoms with Crippen molar-refractivity contribution >= 4 is 11.8 Å². The fourth-order valence-corrected chi connectivity index (χ4v) is 0.865. The Bertz CT molecular complexity index is 245. The lowest BCUT2D eigenvalue weighted by molar-refractivity contribution is -0.136. The van der Waals surface area contributed by atoms with Crippen molar-refractivity contribution in [2.75, 3.05) is 13.7 Å². The van der Waals surface area contributed by atoms with E-state index in [1.807, 2.05) is 13.8 Å². The van der Waals surface area contributed by atoms with Crippen LogP contribution in [-0.2, 0) is 9.53 Å². The van der Waals surface area contributed by atoms with Crippen LogP contribution in [0.3, 0.4) is 0 Å². The van der Waals surface area contributed by atoms with E-state index in [0.717, 1.165) is 18.8 Å². The Labute approximate surface area is 85.1 Å². The molecule has 0 amide bonds. The van der Waals surface area contributed by atoms with E-state index >= 15 is 0 Å². The first kappa shape index (κ1) is 12.7. The monoisotopic (exact) mass is 198 g/mol. The van der Waals surface area contributed by atoms with Gasteiger partial charge in [0.15, 0.2) is 0 Å². The molecule has 0 bridgehead atoms. The number of nitrogens with zero attached hydrogens (tertiary/aromatic N) is 1. The lowest BCUT2D eigenvalue weighted by Crippen LogP contribution is -2.26. The Kier molecular flexibility index (Phi) is 6.45. The van der Waals surface area contributed by atoms with Gasteiger partial charge in [-0.3, -0.25) is 4.99 Å². The zero-order valence-corrected chi connectivity index (χ0v) is 9.26. The molecule has 80 valence electrons. The van der Waals surface area contributed by atoms with E-state index in [2.05, 4.69) is 15.0 Å². The highest BCUT2D eigenvalue weighted by atomic mass is 16.5. The molecule has 0 saturated heterocycles. The molecule has 0 fully saturated rings. The van der Waals surface area contributed by atoms with Gasteiger partial charge in [0.05, 0.1) is 12.9 Å². The number of nitrogens with one attached hydrogen (secondary N) is 1. The number of aliphatic imine (C=N–C) groups is 1. The van der Waals surface area contributed by atoms with Crippen molar-refractivity contribution in [3.63, 3.8) is 0 Å². The second-order valence-electron chi connectivity index (χ2n) is 2.79. The van der Waals surface area contributed by atoms with Crippen LogP contribution in [0.5, 0.6) is 0 Å². The highest BCUT2D eigenvalue weighted by Gasteiger charge is 2.07. The number of carbonyl (C=O) groups is 1. The van der Waals surface area contributed by atoms with Gasteiger partial charge in [0, 0.05) is 6.54 Å². The first-order valence-corrected chi connectivity index (χ1v) is 4.68. The molecule has 0 atom stereocenters. The van der Waals surface area contributed by atoms with Gasteiger partial charge in [-0.15, -0.1) is 0 Å². The third-order valence-corrected chi connectivity index (χ3v) is 1.58. The van der Waals surface area contributed by atoms with E-state index in [1.165, 1.54) is 7.11 Å². The van der Waals surface area contributed by atoms with Crippen LogP contribution in [-0.4, -0.2) is 25.5 Å². The topological polar surface area (TPSA) is 50.7 Å². The molecule has 0 aliphatic rings. The summed E-state index contributed by atoms with van der Waals surface area (Å²) in [7, 11) is 1.35. The summed E-state index contributed by atoms with van der Waals surface area (Å²) in [6.07, 6.45) is 2.65. The van der Waals surface area contributed by atoms with E-state index in [4.69, 9.17) is 0 Å². The number of esters is 1. The Morgan fingerprint density at radius 2 is 2.21 bits per heavy atom. The zero-order chi connectivity index (χ0) is 11.0. The second kappa shape index (κ2) is 7.12. The molecule has 0 heterocycles. The fourth-order valence-electron chi connectivity index (χ4n) is 0.865. The molecule has 0 aliphatic heterocycles. The molecular formula is C10H18N2O2. The van der Waals surface area contributed by atoms with Gasteiger partial charge in [0.1, 0.15) is 5.70 Å². The van der Waals surface area contributed by atoms with Gasteiger partial charge < -0.3 is 10.1 Å². The van der Waals surface area contributed by atoms with Gasteiger partial charge >= 0.3 is 5.97 Å². The highest BCUT2D eigenvalue weighted by molar-refractivity contribution is 5.94. The molecule has 0 radical (unpaired) electrons. The maximum atomic E-state index is 11.1. The number of allylic oxidation sites excluding steroid dienone is 1. The van der Waals surface area contributed by atoms with Crippen molar-refractivity contribution in [1.29, 1.82) is 0 Å². The van der Waals surface area contributed by atoms with Crippen molar-refractivity contribution in [3.05, 3.63) is 11.8 Å². The van der Waals surface area contributed by atoms with Gasteiger partial charge in [0.25, 0.3) is 0 Å².